The Kier molecular flexibility index (Phi) is 5.31. The number of H-pyrrole nitrogens is 2. The number of fused-ring (bicyclic) bond motifs is 2. The van der Waals surface area contributed by atoms with E-state index in [4.69, 9.17) is 4.74 Å². The molecule has 3 heterocycles. The summed E-state index contributed by atoms with van der Waals surface area (Å²) in [4.78, 5) is 35.9. The summed E-state index contributed by atoms with van der Waals surface area (Å²) in [5.74, 6) is -0.693. The number of benzene rings is 3. The third-order valence-electron chi connectivity index (χ3n) is 6.79. The van der Waals surface area contributed by atoms with Crippen LogP contribution in [0.25, 0.3) is 33.0 Å². The van der Waals surface area contributed by atoms with Crippen LogP contribution in [0.4, 0.5) is 0 Å². The van der Waals surface area contributed by atoms with Crippen molar-refractivity contribution >= 4 is 44.8 Å². The molecule has 0 atom stereocenters. The average molecular weight is 476 g/mol. The van der Waals surface area contributed by atoms with Crippen LogP contribution in [0.5, 0.6) is 0 Å². The van der Waals surface area contributed by atoms with Crippen molar-refractivity contribution in [3.05, 3.63) is 107 Å². The van der Waals surface area contributed by atoms with E-state index in [-0.39, 0.29) is 18.5 Å². The van der Waals surface area contributed by atoms with E-state index in [0.717, 1.165) is 49.9 Å². The topological polar surface area (TPSA) is 78.2 Å². The van der Waals surface area contributed by atoms with Crippen LogP contribution in [0, 0.1) is 13.8 Å². The van der Waals surface area contributed by atoms with E-state index >= 15 is 0 Å². The van der Waals surface area contributed by atoms with Crippen LogP contribution in [-0.2, 0) is 20.9 Å². The molecule has 0 fully saturated rings. The number of rotatable bonds is 6. The third kappa shape index (κ3) is 3.46. The van der Waals surface area contributed by atoms with Crippen LogP contribution in [0.1, 0.15) is 28.1 Å². The highest BCUT2D eigenvalue weighted by atomic mass is 16.5. The fourth-order valence-corrected chi connectivity index (χ4v) is 5.18. The minimum Gasteiger partial charge on any atom is -0.358 e. The first-order valence-corrected chi connectivity index (χ1v) is 11.9. The van der Waals surface area contributed by atoms with Gasteiger partial charge in [0.15, 0.2) is 0 Å². The van der Waals surface area contributed by atoms with E-state index in [9.17, 15) is 9.59 Å². The zero-order chi connectivity index (χ0) is 24.8. The molecule has 0 bridgehead atoms. The lowest BCUT2D eigenvalue weighted by atomic mass is 9.93. The Morgan fingerprint density at radius 3 is 1.67 bits per heavy atom. The lowest BCUT2D eigenvalue weighted by molar-refractivity contribution is -0.142. The molecular formula is C30H25N3O3. The number of aromatic amines is 2. The monoisotopic (exact) mass is 475 g/mol. The number of amides is 2. The summed E-state index contributed by atoms with van der Waals surface area (Å²) in [5.41, 5.74) is 6.84. The SMILES string of the molecule is Cc1[nH]c2ccccc2c1C1=C(c2c(C)[nH]c3ccccc23)C(=O)N(COCc2ccccc2)C1=O. The average Bonchev–Trinajstić information content (AvgIpc) is 3.47. The van der Waals surface area contributed by atoms with Gasteiger partial charge in [-0.2, -0.15) is 0 Å². The van der Waals surface area contributed by atoms with Gasteiger partial charge in [0.2, 0.25) is 0 Å². The molecule has 6 rings (SSSR count). The van der Waals surface area contributed by atoms with E-state index < -0.39 is 0 Å². The molecule has 1 aliphatic heterocycles. The van der Waals surface area contributed by atoms with Gasteiger partial charge in [0.25, 0.3) is 11.8 Å². The maximum Gasteiger partial charge on any atom is 0.264 e. The van der Waals surface area contributed by atoms with Gasteiger partial charge in [-0.3, -0.25) is 9.59 Å². The Morgan fingerprint density at radius 2 is 1.14 bits per heavy atom. The first-order valence-electron chi connectivity index (χ1n) is 11.9. The van der Waals surface area contributed by atoms with Crippen LogP contribution in [0.15, 0.2) is 78.9 Å². The summed E-state index contributed by atoms with van der Waals surface area (Å²) in [6, 6.07) is 25.4. The first kappa shape index (κ1) is 22.1. The second-order valence-corrected chi connectivity index (χ2v) is 9.09. The standard InChI is InChI=1S/C30H25N3O3/c1-18-25(21-12-6-8-14-23(21)31-18)27-28(26-19(2)32-24-15-9-7-13-22(24)26)30(35)33(29(27)34)17-36-16-20-10-4-3-5-11-20/h3-15,31-32H,16-17H2,1-2H3. The van der Waals surface area contributed by atoms with Crippen molar-refractivity contribution in [1.82, 2.24) is 14.9 Å². The summed E-state index contributed by atoms with van der Waals surface area (Å²) in [5, 5.41) is 1.82. The van der Waals surface area contributed by atoms with Crippen LogP contribution < -0.4 is 0 Å². The Hall–Kier alpha value is -4.42. The van der Waals surface area contributed by atoms with Crippen LogP contribution in [0.2, 0.25) is 0 Å². The van der Waals surface area contributed by atoms with Crippen LogP contribution in [-0.4, -0.2) is 33.4 Å². The predicted molar refractivity (Wildman–Crippen MR) is 141 cm³/mol. The van der Waals surface area contributed by atoms with Crippen molar-refractivity contribution in [2.75, 3.05) is 6.73 Å². The fourth-order valence-electron chi connectivity index (χ4n) is 5.18. The van der Waals surface area contributed by atoms with Gasteiger partial charge in [-0.1, -0.05) is 66.7 Å². The van der Waals surface area contributed by atoms with Gasteiger partial charge in [0.05, 0.1) is 17.8 Å². The number of hydrogen-bond donors (Lipinski definition) is 2. The third-order valence-corrected chi connectivity index (χ3v) is 6.79. The van der Waals surface area contributed by atoms with E-state index in [2.05, 4.69) is 9.97 Å². The molecule has 178 valence electrons. The van der Waals surface area contributed by atoms with Crippen molar-refractivity contribution in [1.29, 1.82) is 0 Å². The minimum absolute atomic E-state index is 0.123. The molecule has 2 aromatic heterocycles. The molecule has 5 aromatic rings. The molecular weight excluding hydrogens is 450 g/mol. The van der Waals surface area contributed by atoms with Gasteiger partial charge in [-0.25, -0.2) is 4.90 Å². The summed E-state index contributed by atoms with van der Waals surface area (Å²) in [6.07, 6.45) is 0. The predicted octanol–water partition coefficient (Wildman–Crippen LogP) is 5.72. The number of ether oxygens (including phenoxy) is 1. The molecule has 36 heavy (non-hydrogen) atoms. The van der Waals surface area contributed by atoms with Crippen molar-refractivity contribution in [2.45, 2.75) is 20.5 Å². The Labute approximate surface area is 208 Å². The molecule has 6 nitrogen and oxygen atoms in total. The molecule has 2 N–H and O–H groups in total. The highest BCUT2D eigenvalue weighted by Gasteiger charge is 2.42. The molecule has 0 radical (unpaired) electrons. The zero-order valence-electron chi connectivity index (χ0n) is 20.1. The van der Waals surface area contributed by atoms with Crippen molar-refractivity contribution in [2.24, 2.45) is 0 Å². The van der Waals surface area contributed by atoms with Crippen molar-refractivity contribution in [3.8, 4) is 0 Å². The second-order valence-electron chi connectivity index (χ2n) is 9.09. The molecule has 0 unspecified atom stereocenters. The van der Waals surface area contributed by atoms with Gasteiger partial charge in [-0.15, -0.1) is 0 Å². The Morgan fingerprint density at radius 1 is 0.667 bits per heavy atom. The number of carbonyl (C=O) groups excluding carboxylic acids is 2. The number of nitrogens with one attached hydrogen (secondary N) is 2. The summed E-state index contributed by atoms with van der Waals surface area (Å²) >= 11 is 0. The van der Waals surface area contributed by atoms with Gasteiger partial charge in [-0.05, 0) is 31.5 Å². The first-order chi connectivity index (χ1) is 17.5. The van der Waals surface area contributed by atoms with Gasteiger partial charge < -0.3 is 14.7 Å². The highest BCUT2D eigenvalue weighted by molar-refractivity contribution is 6.51. The lowest BCUT2D eigenvalue weighted by Gasteiger charge is -2.15. The maximum atomic E-state index is 13.9. The number of nitrogens with zero attached hydrogens (tertiary/aromatic N) is 1. The number of para-hydroxylation sites is 2. The number of aromatic nitrogens is 2. The molecule has 0 saturated heterocycles. The smallest absolute Gasteiger partial charge is 0.264 e. The van der Waals surface area contributed by atoms with E-state index in [0.29, 0.717) is 17.8 Å². The molecule has 1 aliphatic rings. The molecule has 3 aromatic carbocycles. The van der Waals surface area contributed by atoms with Crippen LogP contribution >= 0.6 is 0 Å². The molecule has 2 amide bonds. The number of aryl methyl sites for hydroxylation is 2. The van der Waals surface area contributed by atoms with Crippen molar-refractivity contribution < 1.29 is 14.3 Å². The number of hydrogen-bond acceptors (Lipinski definition) is 3. The van der Waals surface area contributed by atoms with Crippen molar-refractivity contribution in [3.63, 3.8) is 0 Å². The number of carbonyl (C=O) groups is 2. The van der Waals surface area contributed by atoms with E-state index in [1.54, 1.807) is 0 Å². The summed E-state index contributed by atoms with van der Waals surface area (Å²) in [6.45, 7) is 4.06. The summed E-state index contributed by atoms with van der Waals surface area (Å²) < 4.78 is 5.85. The Balaban J connectivity index is 1.50. The van der Waals surface area contributed by atoms with E-state index in [1.165, 1.54) is 4.90 Å². The molecule has 0 aliphatic carbocycles. The molecule has 0 saturated carbocycles. The minimum atomic E-state index is -0.347. The summed E-state index contributed by atoms with van der Waals surface area (Å²) in [7, 11) is 0. The van der Waals surface area contributed by atoms with Gasteiger partial charge in [0, 0.05) is 44.3 Å². The largest absolute Gasteiger partial charge is 0.358 e. The fraction of sp³-hybridized carbons (Fsp3) is 0.133. The quantitative estimate of drug-likeness (QED) is 0.308. The molecule has 6 heteroatoms. The second kappa shape index (κ2) is 8.66. The van der Waals surface area contributed by atoms with E-state index in [1.807, 2.05) is 92.7 Å². The highest BCUT2D eigenvalue weighted by Crippen LogP contribution is 2.43. The normalized spacial score (nSPS) is 14.1. The number of imide groups is 1. The van der Waals surface area contributed by atoms with Gasteiger partial charge >= 0.3 is 0 Å². The Bertz CT molecular complexity index is 1570. The maximum absolute atomic E-state index is 13.9. The zero-order valence-corrected chi connectivity index (χ0v) is 20.1. The van der Waals surface area contributed by atoms with Crippen LogP contribution in [0.3, 0.4) is 0 Å². The molecule has 0 spiro atoms. The lowest BCUT2D eigenvalue weighted by Crippen LogP contribution is -2.33. The van der Waals surface area contributed by atoms with Gasteiger partial charge in [0.1, 0.15) is 6.73 Å².